The molecule has 1 aliphatic rings. The lowest BCUT2D eigenvalue weighted by molar-refractivity contribution is -0.133. The predicted octanol–water partition coefficient (Wildman–Crippen LogP) is 2.57. The second-order valence-electron chi connectivity index (χ2n) is 6.10. The molecule has 0 unspecified atom stereocenters. The Morgan fingerprint density at radius 3 is 2.91 bits per heavy atom. The summed E-state index contributed by atoms with van der Waals surface area (Å²) in [6.45, 7) is 3.92. The third kappa shape index (κ3) is 5.34. The van der Waals surface area contributed by atoms with Crippen molar-refractivity contribution in [1.82, 2.24) is 9.80 Å². The summed E-state index contributed by atoms with van der Waals surface area (Å²) in [7, 11) is 3.85. The molecule has 0 atom stereocenters. The van der Waals surface area contributed by atoms with E-state index in [2.05, 4.69) is 24.1 Å². The Morgan fingerprint density at radius 2 is 2.14 bits per heavy atom. The average Bonchev–Trinajstić information content (AvgIpc) is 2.55. The fourth-order valence-corrected chi connectivity index (χ4v) is 2.89. The first-order chi connectivity index (χ1) is 10.7. The number of methoxy groups -OCH3 is 1. The number of nitrogens with zero attached hydrogens (tertiary/aromatic N) is 2. The molecule has 1 aromatic carbocycles. The molecule has 22 heavy (non-hydrogen) atoms. The average molecular weight is 304 g/mol. The van der Waals surface area contributed by atoms with Crippen LogP contribution in [0, 0.1) is 0 Å². The smallest absolute Gasteiger partial charge is 0.222 e. The van der Waals surface area contributed by atoms with Crippen molar-refractivity contribution in [1.29, 1.82) is 0 Å². The molecule has 1 amide bonds. The number of piperidine rings is 1. The summed E-state index contributed by atoms with van der Waals surface area (Å²) in [5.74, 6) is 1.26. The van der Waals surface area contributed by atoms with Crippen LogP contribution in [0.4, 0.5) is 0 Å². The van der Waals surface area contributed by atoms with E-state index in [9.17, 15) is 4.79 Å². The minimum absolute atomic E-state index is 0.338. The van der Waals surface area contributed by atoms with E-state index in [0.29, 0.717) is 5.91 Å². The molecule has 0 spiro atoms. The van der Waals surface area contributed by atoms with Crippen molar-refractivity contribution in [2.24, 2.45) is 0 Å². The number of rotatable bonds is 8. The quantitative estimate of drug-likeness (QED) is 0.740. The second kappa shape index (κ2) is 8.79. The summed E-state index contributed by atoms with van der Waals surface area (Å²) in [5, 5.41) is 0. The summed E-state index contributed by atoms with van der Waals surface area (Å²) in [4.78, 5) is 16.1. The first-order valence-electron chi connectivity index (χ1n) is 8.28. The minimum atomic E-state index is 0.338. The lowest BCUT2D eigenvalue weighted by Gasteiger charge is -2.27. The summed E-state index contributed by atoms with van der Waals surface area (Å²) in [6.07, 6.45) is 5.05. The molecule has 0 bridgehead atoms. The van der Waals surface area contributed by atoms with Crippen LogP contribution in [-0.4, -0.2) is 56.0 Å². The molecule has 1 saturated heterocycles. The van der Waals surface area contributed by atoms with E-state index in [4.69, 9.17) is 4.74 Å². The molecule has 1 fully saturated rings. The lowest BCUT2D eigenvalue weighted by atomic mass is 10.1. The van der Waals surface area contributed by atoms with Gasteiger partial charge in [-0.1, -0.05) is 12.1 Å². The summed E-state index contributed by atoms with van der Waals surface area (Å²) in [6, 6.07) is 8.25. The standard InChI is InChI=1S/C18H28N2O2/c1-19(11-6-13-20-12-4-3-9-18(20)21)14-10-16-7-5-8-17(15-16)22-2/h5,7-8,15H,3-4,6,9-14H2,1-2H3. The SMILES string of the molecule is COc1cccc(CCN(C)CCCN2CCCCC2=O)c1. The molecule has 4 heteroatoms. The van der Waals surface area contributed by atoms with E-state index < -0.39 is 0 Å². The van der Waals surface area contributed by atoms with E-state index in [-0.39, 0.29) is 0 Å². The molecular weight excluding hydrogens is 276 g/mol. The number of likely N-dealkylation sites (N-methyl/N-ethyl adjacent to an activating group) is 1. The van der Waals surface area contributed by atoms with Gasteiger partial charge in [-0.3, -0.25) is 4.79 Å². The zero-order valence-electron chi connectivity index (χ0n) is 13.9. The van der Waals surface area contributed by atoms with Crippen molar-refractivity contribution in [3.8, 4) is 5.75 Å². The van der Waals surface area contributed by atoms with Gasteiger partial charge in [0.1, 0.15) is 5.75 Å². The molecule has 122 valence electrons. The molecule has 4 nitrogen and oxygen atoms in total. The normalized spacial score (nSPS) is 15.4. The van der Waals surface area contributed by atoms with E-state index in [1.54, 1.807) is 7.11 Å². The molecule has 0 aromatic heterocycles. The van der Waals surface area contributed by atoms with Crippen LogP contribution in [0.3, 0.4) is 0 Å². The summed E-state index contributed by atoms with van der Waals surface area (Å²) < 4.78 is 5.25. The molecule has 0 radical (unpaired) electrons. The number of hydrogen-bond donors (Lipinski definition) is 0. The van der Waals surface area contributed by atoms with Gasteiger partial charge in [-0.15, -0.1) is 0 Å². The van der Waals surface area contributed by atoms with Crippen LogP contribution >= 0.6 is 0 Å². The number of amides is 1. The van der Waals surface area contributed by atoms with Crippen molar-refractivity contribution < 1.29 is 9.53 Å². The Balaban J connectivity index is 1.65. The van der Waals surface area contributed by atoms with Crippen LogP contribution in [0.25, 0.3) is 0 Å². The van der Waals surface area contributed by atoms with Crippen LogP contribution in [0.2, 0.25) is 0 Å². The predicted molar refractivity (Wildman–Crippen MR) is 89.2 cm³/mol. The van der Waals surface area contributed by atoms with Gasteiger partial charge in [0, 0.05) is 26.1 Å². The number of benzene rings is 1. The Morgan fingerprint density at radius 1 is 1.27 bits per heavy atom. The molecule has 1 aliphatic heterocycles. The third-order valence-corrected chi connectivity index (χ3v) is 4.31. The maximum Gasteiger partial charge on any atom is 0.222 e. The van der Waals surface area contributed by atoms with Crippen LogP contribution in [0.1, 0.15) is 31.2 Å². The van der Waals surface area contributed by atoms with Crippen LogP contribution in [-0.2, 0) is 11.2 Å². The van der Waals surface area contributed by atoms with Crippen molar-refractivity contribution in [3.05, 3.63) is 29.8 Å². The maximum absolute atomic E-state index is 11.7. The second-order valence-corrected chi connectivity index (χ2v) is 6.10. The number of carbonyl (C=O) groups excluding carboxylic acids is 1. The zero-order valence-corrected chi connectivity index (χ0v) is 13.9. The van der Waals surface area contributed by atoms with Crippen LogP contribution in [0.15, 0.2) is 24.3 Å². The van der Waals surface area contributed by atoms with Gasteiger partial charge in [0.05, 0.1) is 7.11 Å². The van der Waals surface area contributed by atoms with Gasteiger partial charge < -0.3 is 14.5 Å². The first kappa shape index (κ1) is 16.8. The monoisotopic (exact) mass is 304 g/mol. The molecular formula is C18H28N2O2. The Kier molecular flexibility index (Phi) is 6.72. The van der Waals surface area contributed by atoms with E-state index in [0.717, 1.165) is 64.0 Å². The van der Waals surface area contributed by atoms with Gasteiger partial charge in [0.2, 0.25) is 5.91 Å². The molecule has 0 N–H and O–H groups in total. The van der Waals surface area contributed by atoms with Crippen molar-refractivity contribution in [2.45, 2.75) is 32.1 Å². The first-order valence-corrected chi connectivity index (χ1v) is 8.28. The summed E-state index contributed by atoms with van der Waals surface area (Å²) in [5.41, 5.74) is 1.30. The van der Waals surface area contributed by atoms with Crippen molar-refractivity contribution >= 4 is 5.91 Å². The molecule has 1 aromatic rings. The van der Waals surface area contributed by atoms with Crippen molar-refractivity contribution in [3.63, 3.8) is 0 Å². The lowest BCUT2D eigenvalue weighted by Crippen LogP contribution is -2.37. The fourth-order valence-electron chi connectivity index (χ4n) is 2.89. The number of hydrogen-bond acceptors (Lipinski definition) is 3. The van der Waals surface area contributed by atoms with Gasteiger partial charge in [0.25, 0.3) is 0 Å². The van der Waals surface area contributed by atoms with Gasteiger partial charge in [-0.2, -0.15) is 0 Å². The van der Waals surface area contributed by atoms with E-state index in [1.807, 2.05) is 17.0 Å². The molecule has 2 rings (SSSR count). The number of carbonyl (C=O) groups is 1. The zero-order chi connectivity index (χ0) is 15.8. The third-order valence-electron chi connectivity index (χ3n) is 4.31. The number of ether oxygens (including phenoxy) is 1. The van der Waals surface area contributed by atoms with Gasteiger partial charge in [-0.25, -0.2) is 0 Å². The topological polar surface area (TPSA) is 32.8 Å². The summed E-state index contributed by atoms with van der Waals surface area (Å²) >= 11 is 0. The van der Waals surface area contributed by atoms with E-state index in [1.165, 1.54) is 5.56 Å². The maximum atomic E-state index is 11.7. The highest BCUT2D eigenvalue weighted by atomic mass is 16.5. The van der Waals surface area contributed by atoms with Crippen LogP contribution < -0.4 is 4.74 Å². The van der Waals surface area contributed by atoms with Crippen molar-refractivity contribution in [2.75, 3.05) is 40.3 Å². The Bertz CT molecular complexity index is 476. The van der Waals surface area contributed by atoms with Gasteiger partial charge >= 0.3 is 0 Å². The van der Waals surface area contributed by atoms with Crippen LogP contribution in [0.5, 0.6) is 5.75 Å². The van der Waals surface area contributed by atoms with Gasteiger partial charge in [-0.05, 0) is 57.0 Å². The Labute approximate surface area is 134 Å². The van der Waals surface area contributed by atoms with E-state index >= 15 is 0 Å². The largest absolute Gasteiger partial charge is 0.497 e. The number of likely N-dealkylation sites (tertiary alicyclic amines) is 1. The molecule has 0 aliphatic carbocycles. The molecule has 0 saturated carbocycles. The van der Waals surface area contributed by atoms with Gasteiger partial charge in [0.15, 0.2) is 0 Å². The Hall–Kier alpha value is -1.55. The fraction of sp³-hybridized carbons (Fsp3) is 0.611. The highest BCUT2D eigenvalue weighted by Crippen LogP contribution is 2.13. The minimum Gasteiger partial charge on any atom is -0.497 e. The highest BCUT2D eigenvalue weighted by molar-refractivity contribution is 5.76. The highest BCUT2D eigenvalue weighted by Gasteiger charge is 2.17. The molecule has 1 heterocycles.